The molecule has 3 aromatic heterocycles. The van der Waals surface area contributed by atoms with Gasteiger partial charge in [-0.1, -0.05) is 29.8 Å². The summed E-state index contributed by atoms with van der Waals surface area (Å²) in [5, 5.41) is 4.71. The van der Waals surface area contributed by atoms with Gasteiger partial charge in [0.05, 0.1) is 6.20 Å². The van der Waals surface area contributed by atoms with Gasteiger partial charge in [-0.05, 0) is 39.3 Å². The zero-order chi connectivity index (χ0) is 21.5. The fraction of sp³-hybridized carbons (Fsp3) is 0.333. The van der Waals surface area contributed by atoms with E-state index in [1.807, 2.05) is 30.6 Å². The van der Waals surface area contributed by atoms with Crippen molar-refractivity contribution in [3.05, 3.63) is 65.2 Å². The molecule has 0 N–H and O–H groups in total. The fourth-order valence-electron chi connectivity index (χ4n) is 4.21. The van der Waals surface area contributed by atoms with Gasteiger partial charge < -0.3 is 9.80 Å². The van der Waals surface area contributed by atoms with Crippen LogP contribution in [-0.2, 0) is 0 Å². The number of aryl methyl sites for hydroxylation is 4. The summed E-state index contributed by atoms with van der Waals surface area (Å²) in [7, 11) is 0. The van der Waals surface area contributed by atoms with Crippen molar-refractivity contribution in [1.29, 1.82) is 0 Å². The number of fused-ring (bicyclic) bond motifs is 1. The molecule has 1 aliphatic heterocycles. The van der Waals surface area contributed by atoms with Crippen LogP contribution in [0.25, 0.3) is 16.8 Å². The number of piperazine rings is 1. The summed E-state index contributed by atoms with van der Waals surface area (Å²) in [6.07, 6.45) is 1.93. The van der Waals surface area contributed by atoms with Crippen LogP contribution in [0.3, 0.4) is 0 Å². The van der Waals surface area contributed by atoms with Crippen LogP contribution in [0, 0.1) is 27.7 Å². The maximum absolute atomic E-state index is 4.82. The van der Waals surface area contributed by atoms with Crippen LogP contribution in [0.5, 0.6) is 0 Å². The van der Waals surface area contributed by atoms with E-state index in [4.69, 9.17) is 10.1 Å². The van der Waals surface area contributed by atoms with Crippen LogP contribution >= 0.6 is 0 Å². The molecule has 31 heavy (non-hydrogen) atoms. The first-order valence-corrected chi connectivity index (χ1v) is 10.7. The number of nitrogens with zero attached hydrogens (tertiary/aromatic N) is 7. The Balaban J connectivity index is 1.44. The Bertz CT molecular complexity index is 1210. The maximum atomic E-state index is 4.82. The fourth-order valence-corrected chi connectivity index (χ4v) is 4.21. The zero-order valence-electron chi connectivity index (χ0n) is 18.5. The summed E-state index contributed by atoms with van der Waals surface area (Å²) in [6.45, 7) is 11.7. The lowest BCUT2D eigenvalue weighted by Gasteiger charge is -2.36. The summed E-state index contributed by atoms with van der Waals surface area (Å²) < 4.78 is 1.98. The smallest absolute Gasteiger partial charge is 0.225 e. The van der Waals surface area contributed by atoms with Crippen molar-refractivity contribution in [2.45, 2.75) is 27.7 Å². The first-order chi connectivity index (χ1) is 15.0. The third-order valence-corrected chi connectivity index (χ3v) is 5.80. The van der Waals surface area contributed by atoms with E-state index in [2.05, 4.69) is 63.9 Å². The Morgan fingerprint density at radius 2 is 1.32 bits per heavy atom. The highest BCUT2D eigenvalue weighted by Gasteiger charge is 2.23. The minimum absolute atomic E-state index is 0.828. The van der Waals surface area contributed by atoms with E-state index in [0.29, 0.717) is 0 Å². The molecule has 0 saturated carbocycles. The molecule has 0 bridgehead atoms. The van der Waals surface area contributed by atoms with Crippen LogP contribution in [-0.4, -0.2) is 50.7 Å². The van der Waals surface area contributed by atoms with Crippen molar-refractivity contribution in [3.8, 4) is 11.1 Å². The Kier molecular flexibility index (Phi) is 4.81. The largest absolute Gasteiger partial charge is 0.353 e. The van der Waals surface area contributed by atoms with Gasteiger partial charge in [0.15, 0.2) is 5.65 Å². The van der Waals surface area contributed by atoms with E-state index in [1.54, 1.807) is 0 Å². The maximum Gasteiger partial charge on any atom is 0.225 e. The molecule has 4 aromatic rings. The second-order valence-corrected chi connectivity index (χ2v) is 8.34. The average molecular weight is 414 g/mol. The summed E-state index contributed by atoms with van der Waals surface area (Å²) in [6, 6.07) is 12.7. The quantitative estimate of drug-likeness (QED) is 0.510. The number of hydrogen-bond donors (Lipinski definition) is 0. The van der Waals surface area contributed by atoms with Crippen LogP contribution in [0.2, 0.25) is 0 Å². The van der Waals surface area contributed by atoms with E-state index in [1.165, 1.54) is 5.56 Å². The van der Waals surface area contributed by atoms with Gasteiger partial charge in [-0.15, -0.1) is 0 Å². The molecule has 1 saturated heterocycles. The molecule has 0 spiro atoms. The van der Waals surface area contributed by atoms with Crippen molar-refractivity contribution in [1.82, 2.24) is 24.6 Å². The third kappa shape index (κ3) is 3.71. The van der Waals surface area contributed by atoms with E-state index in [0.717, 1.165) is 71.8 Å². The molecule has 4 heterocycles. The summed E-state index contributed by atoms with van der Waals surface area (Å²) in [4.78, 5) is 18.7. The molecular formula is C24H27N7. The molecule has 158 valence electrons. The highest BCUT2D eigenvalue weighted by molar-refractivity contribution is 5.78. The molecule has 0 amide bonds. The minimum Gasteiger partial charge on any atom is -0.353 e. The summed E-state index contributed by atoms with van der Waals surface area (Å²) >= 11 is 0. The predicted octanol–water partition coefficient (Wildman–Crippen LogP) is 3.75. The van der Waals surface area contributed by atoms with Crippen molar-refractivity contribution >= 4 is 17.4 Å². The highest BCUT2D eigenvalue weighted by Crippen LogP contribution is 2.28. The van der Waals surface area contributed by atoms with Gasteiger partial charge in [0.1, 0.15) is 5.82 Å². The second kappa shape index (κ2) is 7.65. The molecule has 7 nitrogen and oxygen atoms in total. The number of aromatic nitrogens is 5. The number of anilines is 2. The van der Waals surface area contributed by atoms with Gasteiger partial charge in [0.25, 0.3) is 0 Å². The van der Waals surface area contributed by atoms with E-state index in [9.17, 15) is 0 Å². The molecule has 0 aliphatic carbocycles. The van der Waals surface area contributed by atoms with Gasteiger partial charge in [-0.3, -0.25) is 0 Å². The first-order valence-electron chi connectivity index (χ1n) is 10.7. The van der Waals surface area contributed by atoms with Crippen LogP contribution in [0.4, 0.5) is 11.8 Å². The molecule has 0 atom stereocenters. The number of hydrogen-bond acceptors (Lipinski definition) is 6. The Hall–Kier alpha value is -3.48. The Morgan fingerprint density at radius 1 is 0.710 bits per heavy atom. The highest BCUT2D eigenvalue weighted by atomic mass is 15.4. The van der Waals surface area contributed by atoms with Gasteiger partial charge in [-0.25, -0.2) is 15.0 Å². The molecule has 7 heteroatoms. The van der Waals surface area contributed by atoms with Crippen molar-refractivity contribution in [3.63, 3.8) is 0 Å². The van der Waals surface area contributed by atoms with Gasteiger partial charge in [0, 0.05) is 54.9 Å². The van der Waals surface area contributed by atoms with Gasteiger partial charge >= 0.3 is 0 Å². The van der Waals surface area contributed by atoms with E-state index >= 15 is 0 Å². The van der Waals surface area contributed by atoms with Crippen molar-refractivity contribution < 1.29 is 0 Å². The Labute approximate surface area is 182 Å². The predicted molar refractivity (Wildman–Crippen MR) is 124 cm³/mol. The number of rotatable bonds is 3. The lowest BCUT2D eigenvalue weighted by molar-refractivity contribution is 0.625. The summed E-state index contributed by atoms with van der Waals surface area (Å²) in [5.74, 6) is 1.91. The van der Waals surface area contributed by atoms with E-state index < -0.39 is 0 Å². The monoisotopic (exact) mass is 413 g/mol. The standard InChI is InChI=1S/C24H27N7/c1-16-5-7-20(8-6-16)21-15-25-31-22(14-19(4)26-23(21)31)29-9-11-30(12-10-29)24-27-17(2)13-18(3)28-24/h5-8,13-15H,9-12H2,1-4H3. The van der Waals surface area contributed by atoms with Gasteiger partial charge in [0.2, 0.25) is 5.95 Å². The van der Waals surface area contributed by atoms with Crippen molar-refractivity contribution in [2.24, 2.45) is 0 Å². The molecule has 1 aliphatic rings. The molecule has 0 radical (unpaired) electrons. The topological polar surface area (TPSA) is 62.5 Å². The minimum atomic E-state index is 0.828. The second-order valence-electron chi connectivity index (χ2n) is 8.34. The molecule has 1 aromatic carbocycles. The molecular weight excluding hydrogens is 386 g/mol. The van der Waals surface area contributed by atoms with Crippen LogP contribution < -0.4 is 9.80 Å². The van der Waals surface area contributed by atoms with Crippen molar-refractivity contribution in [2.75, 3.05) is 36.0 Å². The Morgan fingerprint density at radius 3 is 2.00 bits per heavy atom. The number of benzene rings is 1. The normalized spacial score (nSPS) is 14.5. The lowest BCUT2D eigenvalue weighted by Crippen LogP contribution is -2.47. The van der Waals surface area contributed by atoms with Crippen LogP contribution in [0.1, 0.15) is 22.6 Å². The van der Waals surface area contributed by atoms with E-state index in [-0.39, 0.29) is 0 Å². The SMILES string of the molecule is Cc1ccc(-c2cnn3c(N4CCN(c5nc(C)cc(C)n5)CC4)cc(C)nc23)cc1. The zero-order valence-corrected chi connectivity index (χ0v) is 18.5. The summed E-state index contributed by atoms with van der Waals surface area (Å²) in [5.41, 5.74) is 7.37. The molecule has 0 unspecified atom stereocenters. The molecule has 5 rings (SSSR count). The lowest BCUT2D eigenvalue weighted by atomic mass is 10.1. The molecule has 1 fully saturated rings. The van der Waals surface area contributed by atoms with Gasteiger partial charge in [-0.2, -0.15) is 9.61 Å². The van der Waals surface area contributed by atoms with Crippen LogP contribution in [0.15, 0.2) is 42.6 Å². The first kappa shape index (κ1) is 19.5. The third-order valence-electron chi connectivity index (χ3n) is 5.80. The average Bonchev–Trinajstić information content (AvgIpc) is 3.17.